The van der Waals surface area contributed by atoms with Crippen LogP contribution in [0, 0.1) is 5.92 Å². The smallest absolute Gasteiger partial charge is 0.319 e. The van der Waals surface area contributed by atoms with Crippen LogP contribution in [0.4, 0.5) is 10.5 Å². The number of aliphatic hydroxyl groups is 1. The lowest BCUT2D eigenvalue weighted by Gasteiger charge is -2.41. The number of hydrogen-bond acceptors (Lipinski definition) is 9. The Morgan fingerprint density at radius 1 is 0.849 bits per heavy atom. The summed E-state index contributed by atoms with van der Waals surface area (Å²) in [4.78, 5) is 12.9. The average Bonchev–Trinajstić information content (AvgIpc) is 3.62. The van der Waals surface area contributed by atoms with Crippen molar-refractivity contribution in [1.82, 2.24) is 25.5 Å². The first-order valence-electron chi connectivity index (χ1n) is 17.4. The number of anilines is 1. The highest BCUT2D eigenvalue weighted by molar-refractivity contribution is 7.99. The van der Waals surface area contributed by atoms with E-state index >= 15 is 0 Å². The number of benzene rings is 5. The molecule has 1 fully saturated rings. The molecule has 11 nitrogen and oxygen atoms in total. The molecule has 1 aromatic heterocycles. The molecule has 5 aromatic carbocycles. The van der Waals surface area contributed by atoms with E-state index in [9.17, 15) is 9.90 Å². The van der Waals surface area contributed by atoms with Gasteiger partial charge in [0.25, 0.3) is 0 Å². The molecule has 0 aliphatic carbocycles. The van der Waals surface area contributed by atoms with E-state index in [-0.39, 0.29) is 30.8 Å². The zero-order valence-corrected chi connectivity index (χ0v) is 30.1. The monoisotopic (exact) mass is 728 g/mol. The van der Waals surface area contributed by atoms with Crippen molar-refractivity contribution in [3.8, 4) is 22.6 Å². The van der Waals surface area contributed by atoms with Crippen LogP contribution in [-0.4, -0.2) is 43.2 Å². The van der Waals surface area contributed by atoms with Crippen LogP contribution in [-0.2, 0) is 29.7 Å². The molecular weight excluding hydrogens is 689 g/mol. The van der Waals surface area contributed by atoms with E-state index in [0.717, 1.165) is 39.1 Å². The zero-order valence-electron chi connectivity index (χ0n) is 29.3. The average molecular weight is 729 g/mol. The summed E-state index contributed by atoms with van der Waals surface area (Å²) in [7, 11) is 1.82. The number of aromatic nitrogens is 4. The molecule has 0 saturated carbocycles. The highest BCUT2D eigenvalue weighted by atomic mass is 32.2. The molecular formula is C41H40N6O5S. The van der Waals surface area contributed by atoms with Crippen molar-refractivity contribution in [2.24, 2.45) is 13.0 Å². The molecule has 270 valence electrons. The number of carbonyl (C=O) groups excluding carboxylic acids is 1. The number of ether oxygens (including phenoxy) is 3. The van der Waals surface area contributed by atoms with Gasteiger partial charge in [0.2, 0.25) is 5.16 Å². The first-order valence-corrected chi connectivity index (χ1v) is 18.3. The molecule has 2 amide bonds. The van der Waals surface area contributed by atoms with Crippen LogP contribution >= 0.6 is 11.8 Å². The normalized spacial score (nSPS) is 18.3. The molecule has 0 bridgehead atoms. The maximum absolute atomic E-state index is 12.9. The van der Waals surface area contributed by atoms with Gasteiger partial charge >= 0.3 is 6.03 Å². The van der Waals surface area contributed by atoms with Gasteiger partial charge in [-0.15, -0.1) is 5.10 Å². The molecule has 1 aliphatic heterocycles. The molecule has 1 saturated heterocycles. The van der Waals surface area contributed by atoms with Gasteiger partial charge in [0.1, 0.15) is 11.5 Å². The topological polar surface area (TPSA) is 133 Å². The Kier molecular flexibility index (Phi) is 11.4. The van der Waals surface area contributed by atoms with Gasteiger partial charge in [-0.3, -0.25) is 0 Å². The molecule has 0 radical (unpaired) electrons. The second-order valence-electron chi connectivity index (χ2n) is 12.7. The molecule has 12 heteroatoms. The highest BCUT2D eigenvalue weighted by Crippen LogP contribution is 2.43. The number of thioether (sulfide) groups is 1. The SMILES string of the molecule is C[C@H]1[C@@H](CSc2nnnn2C)O[C@@H](c2ccc(-c3ccccc3CNC(=O)Nc3ccc(Oc4ccccc4)cc3)cc2)O[C@H]1c1ccc(CO)cc1. The van der Waals surface area contributed by atoms with E-state index in [1.165, 1.54) is 0 Å². The van der Waals surface area contributed by atoms with Crippen molar-refractivity contribution in [3.05, 3.63) is 150 Å². The largest absolute Gasteiger partial charge is 0.457 e. The van der Waals surface area contributed by atoms with E-state index in [1.807, 2.05) is 110 Å². The van der Waals surface area contributed by atoms with E-state index < -0.39 is 6.29 Å². The fourth-order valence-electron chi connectivity index (χ4n) is 6.17. The maximum atomic E-state index is 12.9. The number of carbonyl (C=O) groups is 1. The first kappa shape index (κ1) is 35.9. The number of urea groups is 1. The summed E-state index contributed by atoms with van der Waals surface area (Å²) in [6.45, 7) is 2.45. The summed E-state index contributed by atoms with van der Waals surface area (Å²) in [6.07, 6.45) is -0.996. The molecule has 1 aliphatic rings. The van der Waals surface area contributed by atoms with Crippen LogP contribution in [0.25, 0.3) is 11.1 Å². The molecule has 3 N–H and O–H groups in total. The molecule has 6 aromatic rings. The number of tetrazole rings is 1. The van der Waals surface area contributed by atoms with Gasteiger partial charge in [0.15, 0.2) is 6.29 Å². The maximum Gasteiger partial charge on any atom is 0.319 e. The minimum Gasteiger partial charge on any atom is -0.457 e. The molecule has 0 unspecified atom stereocenters. The van der Waals surface area contributed by atoms with Gasteiger partial charge in [0, 0.05) is 36.5 Å². The van der Waals surface area contributed by atoms with Crippen LogP contribution in [0.15, 0.2) is 133 Å². The first-order chi connectivity index (χ1) is 25.9. The predicted octanol–water partition coefficient (Wildman–Crippen LogP) is 8.07. The van der Waals surface area contributed by atoms with Crippen LogP contribution in [0.2, 0.25) is 0 Å². The standard InChI is InChI=1S/C41H40N6O5S/c1-27-37(26-53-41-44-45-46-47(41)2)51-39(52-38(27)30-14-12-28(25-48)13-15-30)31-18-16-29(17-19-31)36-11-7-6-8-32(36)24-42-40(49)43-33-20-22-35(23-21-33)50-34-9-4-3-5-10-34/h3-23,27,37-39,48H,24-26H2,1-2H3,(H2,42,43,49)/t27-,37+,38+,39+/m0/s1. The second-order valence-corrected chi connectivity index (χ2v) is 13.7. The lowest BCUT2D eigenvalue weighted by molar-refractivity contribution is -0.268. The fraction of sp³-hybridized carbons (Fsp3) is 0.220. The van der Waals surface area contributed by atoms with Crippen LogP contribution in [0.3, 0.4) is 0 Å². The van der Waals surface area contributed by atoms with Crippen molar-refractivity contribution < 1.29 is 24.1 Å². The Morgan fingerprint density at radius 2 is 1.55 bits per heavy atom. The highest BCUT2D eigenvalue weighted by Gasteiger charge is 2.38. The molecule has 4 atom stereocenters. The molecule has 2 heterocycles. The molecule has 7 rings (SSSR count). The Labute approximate surface area is 312 Å². The van der Waals surface area contributed by atoms with Crippen LogP contribution < -0.4 is 15.4 Å². The third-order valence-electron chi connectivity index (χ3n) is 9.12. The van der Waals surface area contributed by atoms with Crippen molar-refractivity contribution in [3.63, 3.8) is 0 Å². The molecule has 0 spiro atoms. The Balaban J connectivity index is 1.01. The zero-order chi connectivity index (χ0) is 36.6. The Hall–Kier alpha value is -5.53. The van der Waals surface area contributed by atoms with Gasteiger partial charge in [-0.25, -0.2) is 9.48 Å². The van der Waals surface area contributed by atoms with Gasteiger partial charge in [0.05, 0.1) is 18.8 Å². The van der Waals surface area contributed by atoms with Crippen molar-refractivity contribution >= 4 is 23.5 Å². The summed E-state index contributed by atoms with van der Waals surface area (Å²) >= 11 is 1.55. The number of para-hydroxylation sites is 1. The van der Waals surface area contributed by atoms with Gasteiger partial charge in [-0.1, -0.05) is 110 Å². The summed E-state index contributed by atoms with van der Waals surface area (Å²) in [5.41, 5.74) is 6.40. The summed E-state index contributed by atoms with van der Waals surface area (Å²) in [5, 5.41) is 28.0. The van der Waals surface area contributed by atoms with Crippen molar-refractivity contribution in [1.29, 1.82) is 0 Å². The molecule has 53 heavy (non-hydrogen) atoms. The third kappa shape index (κ3) is 8.93. The van der Waals surface area contributed by atoms with E-state index in [0.29, 0.717) is 28.9 Å². The Morgan fingerprint density at radius 3 is 2.26 bits per heavy atom. The second kappa shape index (κ2) is 16.9. The van der Waals surface area contributed by atoms with Crippen molar-refractivity contribution in [2.75, 3.05) is 11.1 Å². The lowest BCUT2D eigenvalue weighted by Crippen LogP contribution is -2.38. The summed E-state index contributed by atoms with van der Waals surface area (Å²) in [5.74, 6) is 2.10. The number of nitrogens with one attached hydrogen (secondary N) is 2. The van der Waals surface area contributed by atoms with Gasteiger partial charge in [-0.05, 0) is 74.6 Å². The third-order valence-corrected chi connectivity index (χ3v) is 10.2. The predicted molar refractivity (Wildman–Crippen MR) is 203 cm³/mol. The number of aliphatic hydroxyl groups excluding tert-OH is 1. The van der Waals surface area contributed by atoms with Crippen LogP contribution in [0.1, 0.15) is 41.6 Å². The van der Waals surface area contributed by atoms with Crippen molar-refractivity contribution in [2.45, 2.75) is 43.7 Å². The van der Waals surface area contributed by atoms with E-state index in [1.54, 1.807) is 28.6 Å². The lowest BCUT2D eigenvalue weighted by atomic mass is 9.91. The Bertz CT molecular complexity index is 2100. The van der Waals surface area contributed by atoms with E-state index in [4.69, 9.17) is 14.2 Å². The quantitative estimate of drug-likeness (QED) is 0.107. The number of nitrogens with zero attached hydrogens (tertiary/aromatic N) is 4. The number of aryl methyl sites for hydroxylation is 1. The number of amides is 2. The van der Waals surface area contributed by atoms with E-state index in [2.05, 4.69) is 45.2 Å². The van der Waals surface area contributed by atoms with Crippen LogP contribution in [0.5, 0.6) is 11.5 Å². The number of rotatable bonds is 12. The minimum atomic E-state index is -0.606. The summed E-state index contributed by atoms with van der Waals surface area (Å²) in [6, 6.07) is 40.5. The summed E-state index contributed by atoms with van der Waals surface area (Å²) < 4.78 is 20.8. The minimum absolute atomic E-state index is 0.0166. The fourth-order valence-corrected chi connectivity index (χ4v) is 7.18. The number of hydrogen-bond donors (Lipinski definition) is 3. The van der Waals surface area contributed by atoms with Gasteiger partial charge < -0.3 is 30.0 Å². The van der Waals surface area contributed by atoms with Gasteiger partial charge in [-0.2, -0.15) is 0 Å².